The summed E-state index contributed by atoms with van der Waals surface area (Å²) in [5.74, 6) is 0.675. The zero-order valence-corrected chi connectivity index (χ0v) is 12.7. The Morgan fingerprint density at radius 2 is 2.24 bits per heavy atom. The lowest BCUT2D eigenvalue weighted by Crippen LogP contribution is -2.48. The van der Waals surface area contributed by atoms with Gasteiger partial charge in [-0.25, -0.2) is 0 Å². The first-order valence-corrected chi connectivity index (χ1v) is 6.94. The molecule has 0 saturated heterocycles. The number of pyridine rings is 1. The van der Waals surface area contributed by atoms with Crippen molar-refractivity contribution >= 4 is 0 Å². The highest BCUT2D eigenvalue weighted by Crippen LogP contribution is 2.23. The zero-order valence-electron chi connectivity index (χ0n) is 12.7. The average Bonchev–Trinajstić information content (AvgIpc) is 2.47. The van der Waals surface area contributed by atoms with Gasteiger partial charge in [0.15, 0.2) is 5.82 Å². The fourth-order valence-corrected chi connectivity index (χ4v) is 2.55. The summed E-state index contributed by atoms with van der Waals surface area (Å²) in [6, 6.07) is 3.86. The maximum atomic E-state index is 11.4. The minimum atomic E-state index is -0.270. The minimum absolute atomic E-state index is 0.247. The van der Waals surface area contributed by atoms with Crippen LogP contribution in [0.3, 0.4) is 0 Å². The molecule has 114 valence electrons. The summed E-state index contributed by atoms with van der Waals surface area (Å²) >= 11 is 0. The third-order valence-corrected chi connectivity index (χ3v) is 3.49. The van der Waals surface area contributed by atoms with Crippen molar-refractivity contribution in [2.45, 2.75) is 13.5 Å². The van der Waals surface area contributed by atoms with Crippen molar-refractivity contribution < 1.29 is 4.92 Å². The number of rotatable bonds is 5. The molecule has 0 unspecified atom stereocenters. The summed E-state index contributed by atoms with van der Waals surface area (Å²) in [7, 11) is 3.69. The second kappa shape index (κ2) is 6.53. The van der Waals surface area contributed by atoms with Crippen LogP contribution in [0.25, 0.3) is 0 Å². The predicted octanol–water partition coefficient (Wildman–Crippen LogP) is 1.18. The summed E-state index contributed by atoms with van der Waals surface area (Å²) in [6.45, 7) is 4.45. The molecule has 1 aromatic rings. The van der Waals surface area contributed by atoms with E-state index in [1.807, 2.05) is 43.0 Å². The number of likely N-dealkylation sites (N-methyl/N-ethyl adjacent to an activating group) is 1. The molecule has 0 radical (unpaired) electrons. The molecule has 21 heavy (non-hydrogen) atoms. The number of hydrogen-bond acceptors (Lipinski definition) is 6. The van der Waals surface area contributed by atoms with E-state index >= 15 is 0 Å². The van der Waals surface area contributed by atoms with Crippen molar-refractivity contribution in [2.24, 2.45) is 0 Å². The largest absolute Gasteiger partial charge is 0.359 e. The van der Waals surface area contributed by atoms with Crippen LogP contribution in [0.15, 0.2) is 36.0 Å². The number of nitro groups is 1. The molecule has 0 aromatic carbocycles. The van der Waals surface area contributed by atoms with Crippen LogP contribution in [0.2, 0.25) is 0 Å². The van der Waals surface area contributed by atoms with Gasteiger partial charge in [0.05, 0.1) is 18.1 Å². The molecule has 2 rings (SSSR count). The van der Waals surface area contributed by atoms with Crippen molar-refractivity contribution in [3.8, 4) is 0 Å². The van der Waals surface area contributed by atoms with Gasteiger partial charge in [0.1, 0.15) is 0 Å². The number of aromatic nitrogens is 1. The first-order chi connectivity index (χ1) is 10.0. The Morgan fingerprint density at radius 1 is 1.48 bits per heavy atom. The molecule has 0 amide bonds. The Morgan fingerprint density at radius 3 is 2.76 bits per heavy atom. The highest BCUT2D eigenvalue weighted by atomic mass is 16.6. The average molecular weight is 291 g/mol. The van der Waals surface area contributed by atoms with Gasteiger partial charge in [0, 0.05) is 33.0 Å². The van der Waals surface area contributed by atoms with E-state index in [2.05, 4.69) is 9.88 Å². The smallest absolute Gasteiger partial charge is 0.300 e. The van der Waals surface area contributed by atoms with Gasteiger partial charge in [-0.15, -0.1) is 0 Å². The molecule has 1 aliphatic heterocycles. The highest BCUT2D eigenvalue weighted by molar-refractivity contribution is 5.15. The van der Waals surface area contributed by atoms with Crippen LogP contribution in [-0.2, 0) is 6.54 Å². The lowest BCUT2D eigenvalue weighted by molar-refractivity contribution is -0.433. The third-order valence-electron chi connectivity index (χ3n) is 3.49. The Kier molecular flexibility index (Phi) is 4.74. The standard InChI is InChI=1S/C14H21N5O2/c1-4-17-10-13(19(20)21)14(16(2)3)18(11-17)9-12-6-5-7-15-8-12/h5-8H,4,9-11H2,1-3H3. The minimum Gasteiger partial charge on any atom is -0.359 e. The fourth-order valence-electron chi connectivity index (χ4n) is 2.55. The van der Waals surface area contributed by atoms with Crippen LogP contribution >= 0.6 is 0 Å². The molecule has 0 N–H and O–H groups in total. The van der Waals surface area contributed by atoms with E-state index in [0.717, 1.165) is 12.1 Å². The van der Waals surface area contributed by atoms with E-state index in [-0.39, 0.29) is 10.6 Å². The van der Waals surface area contributed by atoms with Gasteiger partial charge in [0.25, 0.3) is 5.70 Å². The van der Waals surface area contributed by atoms with Gasteiger partial charge in [-0.2, -0.15) is 0 Å². The van der Waals surface area contributed by atoms with E-state index in [9.17, 15) is 10.1 Å². The van der Waals surface area contributed by atoms with Crippen molar-refractivity contribution in [1.29, 1.82) is 0 Å². The normalized spacial score (nSPS) is 16.2. The molecule has 0 atom stereocenters. The van der Waals surface area contributed by atoms with Gasteiger partial charge in [-0.05, 0) is 18.2 Å². The maximum absolute atomic E-state index is 11.4. The molecule has 0 spiro atoms. The summed E-state index contributed by atoms with van der Waals surface area (Å²) in [6.07, 6.45) is 3.52. The number of nitrogens with zero attached hydrogens (tertiary/aromatic N) is 5. The van der Waals surface area contributed by atoms with Gasteiger partial charge >= 0.3 is 0 Å². The zero-order chi connectivity index (χ0) is 15.4. The predicted molar refractivity (Wildman–Crippen MR) is 79.6 cm³/mol. The molecule has 0 bridgehead atoms. The molecule has 0 aliphatic carbocycles. The molecular formula is C14H21N5O2. The molecule has 7 heteroatoms. The molecule has 0 saturated carbocycles. The quantitative estimate of drug-likeness (QED) is 0.599. The Labute approximate surface area is 124 Å². The van der Waals surface area contributed by atoms with Crippen molar-refractivity contribution in [2.75, 3.05) is 33.9 Å². The van der Waals surface area contributed by atoms with Gasteiger partial charge in [0.2, 0.25) is 0 Å². The van der Waals surface area contributed by atoms with Crippen molar-refractivity contribution in [3.63, 3.8) is 0 Å². The molecule has 0 fully saturated rings. The molecule has 2 heterocycles. The van der Waals surface area contributed by atoms with Gasteiger partial charge in [-0.3, -0.25) is 20.0 Å². The van der Waals surface area contributed by atoms with Crippen LogP contribution in [0.1, 0.15) is 12.5 Å². The van der Waals surface area contributed by atoms with Crippen LogP contribution in [0.4, 0.5) is 0 Å². The summed E-state index contributed by atoms with van der Waals surface area (Å²) in [4.78, 5) is 21.1. The lowest BCUT2D eigenvalue weighted by atomic mass is 10.2. The first kappa shape index (κ1) is 15.2. The van der Waals surface area contributed by atoms with Crippen molar-refractivity contribution in [1.82, 2.24) is 19.7 Å². The van der Waals surface area contributed by atoms with Crippen LogP contribution < -0.4 is 0 Å². The maximum Gasteiger partial charge on any atom is 0.300 e. The van der Waals surface area contributed by atoms with E-state index in [4.69, 9.17) is 0 Å². The van der Waals surface area contributed by atoms with E-state index in [1.54, 1.807) is 12.4 Å². The van der Waals surface area contributed by atoms with Crippen molar-refractivity contribution in [3.05, 3.63) is 51.7 Å². The second-order valence-electron chi connectivity index (χ2n) is 5.27. The summed E-state index contributed by atoms with van der Waals surface area (Å²) in [5, 5.41) is 11.4. The summed E-state index contributed by atoms with van der Waals surface area (Å²) < 4.78 is 0. The monoisotopic (exact) mass is 291 g/mol. The molecule has 1 aromatic heterocycles. The Balaban J connectivity index is 2.35. The second-order valence-corrected chi connectivity index (χ2v) is 5.27. The first-order valence-electron chi connectivity index (χ1n) is 6.94. The summed E-state index contributed by atoms with van der Waals surface area (Å²) in [5.41, 5.74) is 1.29. The molecule has 1 aliphatic rings. The SMILES string of the molecule is CCN1CC([N+](=O)[O-])=C(N(C)C)N(Cc2cccnc2)C1. The van der Waals surface area contributed by atoms with E-state index in [0.29, 0.717) is 25.6 Å². The van der Waals surface area contributed by atoms with E-state index < -0.39 is 0 Å². The lowest BCUT2D eigenvalue weighted by Gasteiger charge is -2.38. The van der Waals surface area contributed by atoms with Crippen LogP contribution in [0, 0.1) is 10.1 Å². The Bertz CT molecular complexity index is 529. The molecule has 7 nitrogen and oxygen atoms in total. The van der Waals surface area contributed by atoms with Gasteiger partial charge < -0.3 is 9.80 Å². The van der Waals surface area contributed by atoms with Crippen LogP contribution in [0.5, 0.6) is 0 Å². The van der Waals surface area contributed by atoms with Gasteiger partial charge in [-0.1, -0.05) is 13.0 Å². The van der Waals surface area contributed by atoms with Crippen LogP contribution in [-0.4, -0.2) is 58.5 Å². The topological polar surface area (TPSA) is 65.8 Å². The highest BCUT2D eigenvalue weighted by Gasteiger charge is 2.33. The Hall–Kier alpha value is -2.15. The van der Waals surface area contributed by atoms with E-state index in [1.165, 1.54) is 0 Å². The third kappa shape index (κ3) is 3.49. The fraction of sp³-hybridized carbons (Fsp3) is 0.500. The number of hydrogen-bond donors (Lipinski definition) is 0. The molecular weight excluding hydrogens is 270 g/mol.